The second-order valence-electron chi connectivity index (χ2n) is 9.66. The standard InChI is InChI=1S/C27H30N4O2S/c1-18-21-6-4-5-7-22(21)34-23(18)17-31(3)24(32)9-8-19-14-20-15-27(10-12-30(2)13-11-27)26(33)29-25(20)28-16-19/h4-9,14,16H,10-13,15,17H2,1-3H3,(H,28,29,33)/b9-8+. The van der Waals surface area contributed by atoms with Crippen molar-refractivity contribution in [1.29, 1.82) is 0 Å². The van der Waals surface area contributed by atoms with Crippen molar-refractivity contribution in [3.63, 3.8) is 0 Å². The largest absolute Gasteiger partial charge is 0.337 e. The third-order valence-corrected chi connectivity index (χ3v) is 8.55. The number of nitrogens with zero attached hydrogens (tertiary/aromatic N) is 3. The number of hydrogen-bond acceptors (Lipinski definition) is 5. The number of anilines is 1. The van der Waals surface area contributed by atoms with Gasteiger partial charge in [0.2, 0.25) is 11.8 Å². The molecule has 1 fully saturated rings. The van der Waals surface area contributed by atoms with Crippen LogP contribution >= 0.6 is 11.3 Å². The molecule has 0 bridgehead atoms. The van der Waals surface area contributed by atoms with Gasteiger partial charge in [-0.2, -0.15) is 0 Å². The summed E-state index contributed by atoms with van der Waals surface area (Å²) in [6.45, 7) is 4.56. The van der Waals surface area contributed by atoms with Crippen molar-refractivity contribution in [1.82, 2.24) is 14.8 Å². The van der Waals surface area contributed by atoms with Gasteiger partial charge < -0.3 is 15.1 Å². The van der Waals surface area contributed by atoms with Crippen LogP contribution in [0.2, 0.25) is 0 Å². The van der Waals surface area contributed by atoms with Gasteiger partial charge in [-0.25, -0.2) is 4.98 Å². The van der Waals surface area contributed by atoms with Crippen LogP contribution in [0.1, 0.15) is 34.4 Å². The maximum atomic E-state index is 12.8. The van der Waals surface area contributed by atoms with Gasteiger partial charge >= 0.3 is 0 Å². The number of hydrogen-bond donors (Lipinski definition) is 1. The zero-order chi connectivity index (χ0) is 23.9. The Kier molecular flexibility index (Phi) is 6.00. The van der Waals surface area contributed by atoms with E-state index in [0.29, 0.717) is 18.8 Å². The molecule has 2 aliphatic rings. The number of fused-ring (bicyclic) bond motifs is 2. The molecule has 34 heavy (non-hydrogen) atoms. The van der Waals surface area contributed by atoms with Gasteiger partial charge in [-0.15, -0.1) is 11.3 Å². The maximum Gasteiger partial charge on any atom is 0.246 e. The number of likely N-dealkylation sites (N-methyl/N-ethyl adjacent to an activating group) is 1. The van der Waals surface area contributed by atoms with Gasteiger partial charge in [0, 0.05) is 28.9 Å². The number of rotatable bonds is 4. The Morgan fingerprint density at radius 1 is 1.29 bits per heavy atom. The van der Waals surface area contributed by atoms with Crippen molar-refractivity contribution in [3.05, 3.63) is 64.2 Å². The van der Waals surface area contributed by atoms with Crippen molar-refractivity contribution in [2.75, 3.05) is 32.5 Å². The molecule has 0 radical (unpaired) electrons. The van der Waals surface area contributed by atoms with Crippen LogP contribution in [0.15, 0.2) is 42.6 Å². The molecule has 5 rings (SSSR count). The van der Waals surface area contributed by atoms with Crippen molar-refractivity contribution in [3.8, 4) is 0 Å². The van der Waals surface area contributed by atoms with Gasteiger partial charge in [0.05, 0.1) is 12.0 Å². The normalized spacial score (nSPS) is 17.8. The van der Waals surface area contributed by atoms with Crippen LogP contribution in [0.5, 0.6) is 0 Å². The Balaban J connectivity index is 1.28. The van der Waals surface area contributed by atoms with Crippen LogP contribution in [0.25, 0.3) is 16.2 Å². The smallest absolute Gasteiger partial charge is 0.246 e. The molecule has 0 aliphatic carbocycles. The molecule has 2 aliphatic heterocycles. The van der Waals surface area contributed by atoms with E-state index in [1.165, 1.54) is 20.5 Å². The minimum absolute atomic E-state index is 0.0466. The van der Waals surface area contributed by atoms with E-state index < -0.39 is 0 Å². The van der Waals surface area contributed by atoms with E-state index in [1.807, 2.05) is 19.2 Å². The van der Waals surface area contributed by atoms with E-state index >= 15 is 0 Å². The zero-order valence-corrected chi connectivity index (χ0v) is 20.7. The van der Waals surface area contributed by atoms with E-state index in [4.69, 9.17) is 0 Å². The number of pyridine rings is 1. The zero-order valence-electron chi connectivity index (χ0n) is 19.9. The summed E-state index contributed by atoms with van der Waals surface area (Å²) in [5.74, 6) is 0.697. The fourth-order valence-corrected chi connectivity index (χ4v) is 6.23. The van der Waals surface area contributed by atoms with Gasteiger partial charge in [0.1, 0.15) is 5.82 Å². The lowest BCUT2D eigenvalue weighted by atomic mass is 9.71. The molecule has 2 amide bonds. The highest BCUT2D eigenvalue weighted by Gasteiger charge is 2.44. The molecule has 176 valence electrons. The highest BCUT2D eigenvalue weighted by Crippen LogP contribution is 2.41. The summed E-state index contributed by atoms with van der Waals surface area (Å²) >= 11 is 1.74. The molecule has 6 nitrogen and oxygen atoms in total. The summed E-state index contributed by atoms with van der Waals surface area (Å²) in [7, 11) is 3.93. The Morgan fingerprint density at radius 2 is 2.06 bits per heavy atom. The molecule has 0 atom stereocenters. The SMILES string of the molecule is Cc1c(CN(C)C(=O)/C=C/c2cnc3c(c2)CC2(CCN(C)CC2)C(=O)N3)sc2ccccc12. The van der Waals surface area contributed by atoms with Crippen LogP contribution in [0.3, 0.4) is 0 Å². The first-order valence-corrected chi connectivity index (χ1v) is 12.6. The Bertz CT molecular complexity index is 1290. The number of aryl methyl sites for hydroxylation is 1. The summed E-state index contributed by atoms with van der Waals surface area (Å²) in [6, 6.07) is 10.4. The second kappa shape index (κ2) is 8.96. The van der Waals surface area contributed by atoms with Crippen LogP contribution < -0.4 is 5.32 Å². The van der Waals surface area contributed by atoms with Crippen molar-refractivity contribution in [2.45, 2.75) is 32.7 Å². The summed E-state index contributed by atoms with van der Waals surface area (Å²) in [5, 5.41) is 4.28. The molecule has 1 N–H and O–H groups in total. The molecule has 2 aromatic heterocycles. The number of carbonyl (C=O) groups is 2. The predicted octanol–water partition coefficient (Wildman–Crippen LogP) is 4.48. The van der Waals surface area contributed by atoms with Crippen molar-refractivity contribution < 1.29 is 9.59 Å². The summed E-state index contributed by atoms with van der Waals surface area (Å²) in [4.78, 5) is 35.3. The number of amides is 2. The molecule has 1 saturated heterocycles. The van der Waals surface area contributed by atoms with Crippen LogP contribution in [-0.2, 0) is 22.6 Å². The highest BCUT2D eigenvalue weighted by atomic mass is 32.1. The lowest BCUT2D eigenvalue weighted by molar-refractivity contribution is -0.128. The lowest BCUT2D eigenvalue weighted by Crippen LogP contribution is -2.49. The minimum Gasteiger partial charge on any atom is -0.337 e. The van der Waals surface area contributed by atoms with Crippen molar-refractivity contribution in [2.24, 2.45) is 5.41 Å². The second-order valence-corrected chi connectivity index (χ2v) is 10.8. The molecular weight excluding hydrogens is 444 g/mol. The monoisotopic (exact) mass is 474 g/mol. The number of nitrogens with one attached hydrogen (secondary N) is 1. The Labute approximate surface area is 204 Å². The van der Waals surface area contributed by atoms with Gasteiger partial charge in [-0.05, 0) is 86.6 Å². The van der Waals surface area contributed by atoms with Gasteiger partial charge in [0.15, 0.2) is 0 Å². The first-order chi connectivity index (χ1) is 16.3. The minimum atomic E-state index is -0.346. The molecule has 7 heteroatoms. The topological polar surface area (TPSA) is 65.5 Å². The average molecular weight is 475 g/mol. The number of carbonyl (C=O) groups excluding carboxylic acids is 2. The summed E-state index contributed by atoms with van der Waals surface area (Å²) in [6.07, 6.45) is 7.56. The van der Waals surface area contributed by atoms with E-state index in [-0.39, 0.29) is 17.2 Å². The van der Waals surface area contributed by atoms with E-state index in [9.17, 15) is 9.59 Å². The van der Waals surface area contributed by atoms with Gasteiger partial charge in [0.25, 0.3) is 0 Å². The number of thiophene rings is 1. The van der Waals surface area contributed by atoms with Crippen LogP contribution in [-0.4, -0.2) is 53.8 Å². The quantitative estimate of drug-likeness (QED) is 0.566. The lowest BCUT2D eigenvalue weighted by Gasteiger charge is -2.42. The molecule has 0 saturated carbocycles. The fraction of sp³-hybridized carbons (Fsp3) is 0.370. The van der Waals surface area contributed by atoms with Gasteiger partial charge in [-0.3, -0.25) is 9.59 Å². The average Bonchev–Trinajstić information content (AvgIpc) is 3.15. The maximum absolute atomic E-state index is 12.8. The molecule has 4 heterocycles. The van der Waals surface area contributed by atoms with E-state index in [1.54, 1.807) is 28.5 Å². The highest BCUT2D eigenvalue weighted by molar-refractivity contribution is 7.19. The van der Waals surface area contributed by atoms with Crippen LogP contribution in [0.4, 0.5) is 5.82 Å². The van der Waals surface area contributed by atoms with E-state index in [0.717, 1.165) is 37.1 Å². The molecule has 0 unspecified atom stereocenters. The summed E-state index contributed by atoms with van der Waals surface area (Å²) in [5.41, 5.74) is 2.82. The fourth-order valence-electron chi connectivity index (χ4n) is 4.97. The van der Waals surface area contributed by atoms with Crippen molar-refractivity contribution >= 4 is 45.1 Å². The molecule has 1 spiro atoms. The molecule has 3 aromatic rings. The predicted molar refractivity (Wildman–Crippen MR) is 138 cm³/mol. The third-order valence-electron chi connectivity index (χ3n) is 7.29. The van der Waals surface area contributed by atoms with Crippen LogP contribution in [0, 0.1) is 12.3 Å². The summed E-state index contributed by atoms with van der Waals surface area (Å²) < 4.78 is 1.25. The first-order valence-electron chi connectivity index (χ1n) is 11.7. The third kappa shape index (κ3) is 4.26. The molecule has 1 aromatic carbocycles. The molecular formula is C27H30N4O2S. The first kappa shape index (κ1) is 22.7. The number of likely N-dealkylation sites (tertiary alicyclic amines) is 1. The number of aromatic nitrogens is 1. The number of piperidine rings is 1. The Morgan fingerprint density at radius 3 is 2.82 bits per heavy atom. The number of benzene rings is 1. The van der Waals surface area contributed by atoms with Gasteiger partial charge in [-0.1, -0.05) is 18.2 Å². The van der Waals surface area contributed by atoms with E-state index in [2.05, 4.69) is 53.4 Å². The Hall–Kier alpha value is -3.03.